The van der Waals surface area contributed by atoms with E-state index in [1.54, 1.807) is 0 Å². The molecule has 0 unspecified atom stereocenters. The molecule has 0 bridgehead atoms. The highest BCUT2D eigenvalue weighted by Gasteiger charge is 2.50. The van der Waals surface area contributed by atoms with Crippen LogP contribution in [0.15, 0.2) is 18.2 Å². The number of carbonyl (C=O) groups excluding carboxylic acids is 3. The average Bonchev–Trinajstić information content (AvgIpc) is 3.18. The standard InChI is InChI=1S/C17H19F2N3O4/c1-17(12-7-10(18)4-5-13(12)19)15(24)22(16(25)21-17)9-14(23)20-8-11-3-2-6-26-11/h4-5,7,11H,2-3,6,8-9H2,1H3,(H,20,23)(H,21,25)/t11-,17+/m1/s1. The Bertz CT molecular complexity index is 752. The molecule has 9 heteroatoms. The van der Waals surface area contributed by atoms with Crippen molar-refractivity contribution < 1.29 is 27.9 Å². The number of benzene rings is 1. The first-order valence-corrected chi connectivity index (χ1v) is 8.29. The minimum absolute atomic E-state index is 0.0753. The molecule has 2 atom stereocenters. The van der Waals surface area contributed by atoms with Gasteiger partial charge in [0, 0.05) is 18.7 Å². The van der Waals surface area contributed by atoms with E-state index in [0.717, 1.165) is 31.0 Å². The molecular weight excluding hydrogens is 348 g/mol. The van der Waals surface area contributed by atoms with Crippen LogP contribution in [0.1, 0.15) is 25.3 Å². The molecule has 3 rings (SSSR count). The topological polar surface area (TPSA) is 87.7 Å². The number of urea groups is 1. The van der Waals surface area contributed by atoms with E-state index in [1.807, 2.05) is 0 Å². The van der Waals surface area contributed by atoms with Gasteiger partial charge in [0.05, 0.1) is 6.10 Å². The summed E-state index contributed by atoms with van der Waals surface area (Å²) >= 11 is 0. The minimum atomic E-state index is -1.78. The largest absolute Gasteiger partial charge is 0.376 e. The number of hydrogen-bond acceptors (Lipinski definition) is 4. The van der Waals surface area contributed by atoms with E-state index in [-0.39, 0.29) is 18.2 Å². The predicted octanol–water partition coefficient (Wildman–Crippen LogP) is 1.03. The second-order valence-corrected chi connectivity index (χ2v) is 6.51. The highest BCUT2D eigenvalue weighted by molar-refractivity contribution is 6.09. The number of amides is 4. The molecule has 0 spiro atoms. The second-order valence-electron chi connectivity index (χ2n) is 6.51. The predicted molar refractivity (Wildman–Crippen MR) is 85.9 cm³/mol. The molecule has 1 aromatic rings. The number of rotatable bonds is 5. The van der Waals surface area contributed by atoms with Crippen LogP contribution < -0.4 is 10.6 Å². The summed E-state index contributed by atoms with van der Waals surface area (Å²) in [6, 6.07) is 1.81. The first-order chi connectivity index (χ1) is 12.3. The molecule has 140 valence electrons. The maximum atomic E-state index is 14.1. The summed E-state index contributed by atoms with van der Waals surface area (Å²) in [5.74, 6) is -2.92. The van der Waals surface area contributed by atoms with Crippen LogP contribution in [0, 0.1) is 11.6 Å². The van der Waals surface area contributed by atoms with Crippen LogP contribution in [0.3, 0.4) is 0 Å². The van der Waals surface area contributed by atoms with Crippen LogP contribution in [-0.2, 0) is 19.9 Å². The molecule has 2 heterocycles. The van der Waals surface area contributed by atoms with Crippen LogP contribution in [0.2, 0.25) is 0 Å². The third-order valence-corrected chi connectivity index (χ3v) is 4.59. The molecule has 1 aromatic carbocycles. The van der Waals surface area contributed by atoms with Gasteiger partial charge in [0.15, 0.2) is 0 Å². The lowest BCUT2D eigenvalue weighted by Crippen LogP contribution is -2.44. The zero-order valence-electron chi connectivity index (χ0n) is 14.2. The van der Waals surface area contributed by atoms with E-state index in [4.69, 9.17) is 4.74 Å². The van der Waals surface area contributed by atoms with Crippen molar-refractivity contribution >= 4 is 17.8 Å². The van der Waals surface area contributed by atoms with E-state index in [9.17, 15) is 23.2 Å². The van der Waals surface area contributed by atoms with Crippen molar-refractivity contribution in [1.29, 1.82) is 0 Å². The highest BCUT2D eigenvalue weighted by Crippen LogP contribution is 2.31. The fraction of sp³-hybridized carbons (Fsp3) is 0.471. The Morgan fingerprint density at radius 2 is 2.19 bits per heavy atom. The van der Waals surface area contributed by atoms with Crippen molar-refractivity contribution in [2.75, 3.05) is 19.7 Å². The Balaban J connectivity index is 1.70. The number of nitrogens with zero attached hydrogens (tertiary/aromatic N) is 1. The van der Waals surface area contributed by atoms with Crippen LogP contribution in [0.25, 0.3) is 0 Å². The average molecular weight is 367 g/mol. The Kier molecular flexibility index (Phi) is 4.90. The number of nitrogens with one attached hydrogen (secondary N) is 2. The number of ether oxygens (including phenoxy) is 1. The summed E-state index contributed by atoms with van der Waals surface area (Å²) in [6.45, 7) is 1.70. The van der Waals surface area contributed by atoms with Crippen molar-refractivity contribution in [2.24, 2.45) is 0 Å². The third-order valence-electron chi connectivity index (χ3n) is 4.59. The quantitative estimate of drug-likeness (QED) is 0.761. The smallest absolute Gasteiger partial charge is 0.325 e. The first kappa shape index (κ1) is 18.2. The number of halogens is 2. The summed E-state index contributed by atoms with van der Waals surface area (Å²) in [4.78, 5) is 37.5. The monoisotopic (exact) mass is 367 g/mol. The summed E-state index contributed by atoms with van der Waals surface area (Å²) in [6.07, 6.45) is 1.68. The zero-order valence-corrected chi connectivity index (χ0v) is 14.2. The Morgan fingerprint density at radius 1 is 1.42 bits per heavy atom. The van der Waals surface area contributed by atoms with E-state index >= 15 is 0 Å². The number of hydrogen-bond donors (Lipinski definition) is 2. The molecule has 2 N–H and O–H groups in total. The van der Waals surface area contributed by atoms with Gasteiger partial charge in [0.2, 0.25) is 5.91 Å². The van der Waals surface area contributed by atoms with Crippen molar-refractivity contribution in [2.45, 2.75) is 31.4 Å². The summed E-state index contributed by atoms with van der Waals surface area (Å²) in [7, 11) is 0. The van der Waals surface area contributed by atoms with E-state index in [1.165, 1.54) is 6.92 Å². The molecule has 2 saturated heterocycles. The van der Waals surface area contributed by atoms with Gasteiger partial charge in [-0.25, -0.2) is 13.6 Å². The number of carbonyl (C=O) groups is 3. The number of imide groups is 1. The van der Waals surface area contributed by atoms with Gasteiger partial charge >= 0.3 is 6.03 Å². The maximum absolute atomic E-state index is 14.1. The van der Waals surface area contributed by atoms with Crippen molar-refractivity contribution in [3.63, 3.8) is 0 Å². The van der Waals surface area contributed by atoms with Gasteiger partial charge in [0.25, 0.3) is 5.91 Å². The first-order valence-electron chi connectivity index (χ1n) is 8.29. The maximum Gasteiger partial charge on any atom is 0.325 e. The summed E-state index contributed by atoms with van der Waals surface area (Å²) < 4.78 is 32.9. The normalized spacial score (nSPS) is 25.5. The Hall–Kier alpha value is -2.55. The molecule has 0 saturated carbocycles. The molecular formula is C17H19F2N3O4. The van der Waals surface area contributed by atoms with Gasteiger partial charge in [-0.3, -0.25) is 14.5 Å². The fourth-order valence-corrected chi connectivity index (χ4v) is 3.14. The van der Waals surface area contributed by atoms with Crippen LogP contribution >= 0.6 is 0 Å². The molecule has 4 amide bonds. The molecule has 2 fully saturated rings. The van der Waals surface area contributed by atoms with Gasteiger partial charge in [-0.1, -0.05) is 0 Å². The molecule has 0 aromatic heterocycles. The molecule has 0 aliphatic carbocycles. The van der Waals surface area contributed by atoms with E-state index in [2.05, 4.69) is 10.6 Å². The highest BCUT2D eigenvalue weighted by atomic mass is 19.1. The van der Waals surface area contributed by atoms with Gasteiger partial charge in [-0.2, -0.15) is 0 Å². The second kappa shape index (κ2) is 6.99. The Morgan fingerprint density at radius 3 is 2.88 bits per heavy atom. The zero-order chi connectivity index (χ0) is 18.9. The van der Waals surface area contributed by atoms with Crippen molar-refractivity contribution in [3.05, 3.63) is 35.4 Å². The molecule has 26 heavy (non-hydrogen) atoms. The lowest BCUT2D eigenvalue weighted by Gasteiger charge is -2.22. The minimum Gasteiger partial charge on any atom is -0.376 e. The van der Waals surface area contributed by atoms with Crippen molar-refractivity contribution in [1.82, 2.24) is 15.5 Å². The van der Waals surface area contributed by atoms with E-state index < -0.39 is 41.6 Å². The molecule has 2 aliphatic heterocycles. The Labute approximate surface area is 148 Å². The van der Waals surface area contributed by atoms with Gasteiger partial charge in [-0.15, -0.1) is 0 Å². The third kappa shape index (κ3) is 3.39. The SMILES string of the molecule is C[C@@]1(c2cc(F)ccc2F)NC(=O)N(CC(=O)NC[C@H]2CCCO2)C1=O. The van der Waals surface area contributed by atoms with Gasteiger partial charge in [-0.05, 0) is 38.0 Å². The summed E-state index contributed by atoms with van der Waals surface area (Å²) in [5.41, 5.74) is -2.07. The summed E-state index contributed by atoms with van der Waals surface area (Å²) in [5, 5.41) is 4.95. The van der Waals surface area contributed by atoms with Crippen molar-refractivity contribution in [3.8, 4) is 0 Å². The van der Waals surface area contributed by atoms with Crippen LogP contribution in [0.4, 0.5) is 13.6 Å². The molecule has 2 aliphatic rings. The molecule has 7 nitrogen and oxygen atoms in total. The van der Waals surface area contributed by atoms with Gasteiger partial charge < -0.3 is 15.4 Å². The molecule has 0 radical (unpaired) electrons. The lowest BCUT2D eigenvalue weighted by atomic mass is 9.91. The fourth-order valence-electron chi connectivity index (χ4n) is 3.14. The van der Waals surface area contributed by atoms with Crippen LogP contribution in [0.5, 0.6) is 0 Å². The van der Waals surface area contributed by atoms with E-state index in [0.29, 0.717) is 11.5 Å². The van der Waals surface area contributed by atoms with Crippen LogP contribution in [-0.4, -0.2) is 48.5 Å². The lowest BCUT2D eigenvalue weighted by molar-refractivity contribution is -0.135. The van der Waals surface area contributed by atoms with Gasteiger partial charge in [0.1, 0.15) is 23.7 Å².